The minimum atomic E-state index is -3.68. The summed E-state index contributed by atoms with van der Waals surface area (Å²) in [5.74, 6) is 0.826. The first-order valence-corrected chi connectivity index (χ1v) is 11.1. The molecule has 8 heteroatoms. The van der Waals surface area contributed by atoms with Crippen molar-refractivity contribution >= 4 is 21.6 Å². The topological polar surface area (TPSA) is 84.9 Å². The lowest BCUT2D eigenvalue weighted by molar-refractivity contribution is -0.121. The molecule has 0 aliphatic heterocycles. The molecule has 0 aliphatic rings. The number of rotatable bonds is 9. The number of nitrogens with zero attached hydrogens (tertiary/aromatic N) is 1. The largest absolute Gasteiger partial charge is 0.497 e. The predicted molar refractivity (Wildman–Crippen MR) is 114 cm³/mol. The van der Waals surface area contributed by atoms with E-state index >= 15 is 0 Å². The Morgan fingerprint density at radius 1 is 1.10 bits per heavy atom. The van der Waals surface area contributed by atoms with Crippen LogP contribution in [-0.2, 0) is 14.8 Å². The van der Waals surface area contributed by atoms with E-state index in [0.717, 1.165) is 27.4 Å². The van der Waals surface area contributed by atoms with E-state index in [0.29, 0.717) is 11.4 Å². The summed E-state index contributed by atoms with van der Waals surface area (Å²) in [5.41, 5.74) is 2.56. The summed E-state index contributed by atoms with van der Waals surface area (Å²) in [6.07, 6.45) is 1.07. The highest BCUT2D eigenvalue weighted by Crippen LogP contribution is 2.25. The third-order valence-corrected chi connectivity index (χ3v) is 5.50. The number of amides is 1. The normalized spacial score (nSPS) is 12.2. The first kappa shape index (κ1) is 22.5. The number of benzene rings is 2. The molecule has 0 heterocycles. The molecule has 1 amide bonds. The molecule has 1 N–H and O–H groups in total. The van der Waals surface area contributed by atoms with Gasteiger partial charge in [0.05, 0.1) is 25.6 Å². The fourth-order valence-electron chi connectivity index (χ4n) is 3.06. The number of aryl methyl sites for hydroxylation is 2. The average molecular weight is 421 g/mol. The standard InChI is InChI=1S/C21H28N2O5S/c1-15-11-16(2)13-20(12-15)28-10-9-22-21(24)17(3)23(29(5,25)26)18-7-6-8-19(14-18)27-4/h6-8,11-14,17H,9-10H2,1-5H3,(H,22,24)/t17-/m1/s1. The minimum absolute atomic E-state index is 0.256. The maximum Gasteiger partial charge on any atom is 0.243 e. The maximum atomic E-state index is 12.6. The highest BCUT2D eigenvalue weighted by molar-refractivity contribution is 7.92. The van der Waals surface area contributed by atoms with Crippen LogP contribution in [0.1, 0.15) is 18.1 Å². The molecule has 2 rings (SSSR count). The summed E-state index contributed by atoms with van der Waals surface area (Å²) in [5, 5.41) is 2.73. The number of hydrogen-bond acceptors (Lipinski definition) is 5. The van der Waals surface area contributed by atoms with E-state index in [1.54, 1.807) is 31.2 Å². The van der Waals surface area contributed by atoms with Gasteiger partial charge in [-0.05, 0) is 56.2 Å². The highest BCUT2D eigenvalue weighted by atomic mass is 32.2. The number of carbonyl (C=O) groups is 1. The Labute approximate surface area is 172 Å². The van der Waals surface area contributed by atoms with Crippen molar-refractivity contribution in [3.8, 4) is 11.5 Å². The lowest BCUT2D eigenvalue weighted by Crippen LogP contribution is -2.48. The molecule has 0 aliphatic carbocycles. The number of methoxy groups -OCH3 is 1. The molecule has 0 saturated carbocycles. The molecule has 2 aromatic rings. The van der Waals surface area contributed by atoms with Gasteiger partial charge in [0.15, 0.2) is 0 Å². The fourth-order valence-corrected chi connectivity index (χ4v) is 4.23. The van der Waals surface area contributed by atoms with Gasteiger partial charge < -0.3 is 14.8 Å². The second kappa shape index (κ2) is 9.65. The van der Waals surface area contributed by atoms with Crippen LogP contribution in [0.25, 0.3) is 0 Å². The monoisotopic (exact) mass is 420 g/mol. The number of carbonyl (C=O) groups excluding carboxylic acids is 1. The Kier molecular flexibility index (Phi) is 7.50. The van der Waals surface area contributed by atoms with Gasteiger partial charge in [-0.1, -0.05) is 12.1 Å². The lowest BCUT2D eigenvalue weighted by Gasteiger charge is -2.28. The first-order chi connectivity index (χ1) is 13.6. The smallest absolute Gasteiger partial charge is 0.243 e. The summed E-state index contributed by atoms with van der Waals surface area (Å²) >= 11 is 0. The molecule has 0 radical (unpaired) electrons. The fraction of sp³-hybridized carbons (Fsp3) is 0.381. The Morgan fingerprint density at radius 2 is 1.76 bits per heavy atom. The third kappa shape index (κ3) is 6.39. The van der Waals surface area contributed by atoms with Gasteiger partial charge in [-0.3, -0.25) is 9.10 Å². The van der Waals surface area contributed by atoms with Gasteiger partial charge in [-0.15, -0.1) is 0 Å². The van der Waals surface area contributed by atoms with Gasteiger partial charge in [0.25, 0.3) is 0 Å². The summed E-state index contributed by atoms with van der Waals surface area (Å²) in [6.45, 7) is 6.05. The molecule has 0 fully saturated rings. The summed E-state index contributed by atoms with van der Waals surface area (Å²) in [6, 6.07) is 11.5. The molecule has 158 valence electrons. The van der Waals surface area contributed by atoms with E-state index in [1.165, 1.54) is 7.11 Å². The molecule has 2 aromatic carbocycles. The van der Waals surface area contributed by atoms with E-state index in [9.17, 15) is 13.2 Å². The molecule has 0 unspecified atom stereocenters. The van der Waals surface area contributed by atoms with Gasteiger partial charge >= 0.3 is 0 Å². The van der Waals surface area contributed by atoms with Crippen molar-refractivity contribution in [2.75, 3.05) is 30.8 Å². The average Bonchev–Trinajstić information content (AvgIpc) is 2.63. The molecule has 0 saturated heterocycles. The van der Waals surface area contributed by atoms with Gasteiger partial charge in [0.2, 0.25) is 15.9 Å². The van der Waals surface area contributed by atoms with Crippen molar-refractivity contribution in [3.05, 3.63) is 53.6 Å². The molecule has 29 heavy (non-hydrogen) atoms. The van der Waals surface area contributed by atoms with Gasteiger partial charge in [0, 0.05) is 6.07 Å². The van der Waals surface area contributed by atoms with Crippen molar-refractivity contribution in [2.24, 2.45) is 0 Å². The van der Waals surface area contributed by atoms with Crippen molar-refractivity contribution in [1.29, 1.82) is 0 Å². The Balaban J connectivity index is 2.01. The zero-order valence-electron chi connectivity index (χ0n) is 17.4. The lowest BCUT2D eigenvalue weighted by atomic mass is 10.1. The van der Waals surface area contributed by atoms with Crippen LogP contribution in [-0.4, -0.2) is 46.9 Å². The number of ether oxygens (including phenoxy) is 2. The quantitative estimate of drug-likeness (QED) is 0.631. The highest BCUT2D eigenvalue weighted by Gasteiger charge is 2.29. The molecule has 0 bridgehead atoms. The summed E-state index contributed by atoms with van der Waals surface area (Å²) in [4.78, 5) is 12.6. The van der Waals surface area contributed by atoms with Gasteiger partial charge in [-0.2, -0.15) is 0 Å². The van der Waals surface area contributed by atoms with E-state index < -0.39 is 22.0 Å². The molecule has 1 atom stereocenters. The van der Waals surface area contributed by atoms with Crippen molar-refractivity contribution in [3.63, 3.8) is 0 Å². The second-order valence-electron chi connectivity index (χ2n) is 6.90. The number of nitrogens with one attached hydrogen (secondary N) is 1. The van der Waals surface area contributed by atoms with Crippen LogP contribution >= 0.6 is 0 Å². The van der Waals surface area contributed by atoms with Crippen LogP contribution in [0.15, 0.2) is 42.5 Å². The molecule has 7 nitrogen and oxygen atoms in total. The number of hydrogen-bond donors (Lipinski definition) is 1. The van der Waals surface area contributed by atoms with Crippen molar-refractivity contribution < 1.29 is 22.7 Å². The van der Waals surface area contributed by atoms with Gasteiger partial charge in [0.1, 0.15) is 24.1 Å². The SMILES string of the molecule is COc1cccc(N([C@H](C)C(=O)NCCOc2cc(C)cc(C)c2)S(C)(=O)=O)c1. The third-order valence-electron chi connectivity index (χ3n) is 4.26. The van der Waals surface area contributed by atoms with Crippen LogP contribution in [0.2, 0.25) is 0 Å². The van der Waals surface area contributed by atoms with E-state index in [-0.39, 0.29) is 13.2 Å². The van der Waals surface area contributed by atoms with Crippen LogP contribution in [0.4, 0.5) is 5.69 Å². The van der Waals surface area contributed by atoms with Gasteiger partial charge in [-0.25, -0.2) is 8.42 Å². The molecule has 0 aromatic heterocycles. The molecular weight excluding hydrogens is 392 g/mol. The molecule has 0 spiro atoms. The zero-order chi connectivity index (χ0) is 21.6. The summed E-state index contributed by atoms with van der Waals surface area (Å²) in [7, 11) is -2.19. The zero-order valence-corrected chi connectivity index (χ0v) is 18.2. The maximum absolute atomic E-state index is 12.6. The predicted octanol–water partition coefficient (Wildman–Crippen LogP) is 2.66. The second-order valence-corrected chi connectivity index (χ2v) is 8.76. The van der Waals surface area contributed by atoms with Crippen LogP contribution in [0.3, 0.4) is 0 Å². The summed E-state index contributed by atoms with van der Waals surface area (Å²) < 4.78 is 36.6. The minimum Gasteiger partial charge on any atom is -0.497 e. The van der Waals surface area contributed by atoms with Crippen LogP contribution < -0.4 is 19.1 Å². The van der Waals surface area contributed by atoms with E-state index in [1.807, 2.05) is 26.0 Å². The van der Waals surface area contributed by atoms with Crippen molar-refractivity contribution in [1.82, 2.24) is 5.32 Å². The van der Waals surface area contributed by atoms with Crippen LogP contribution in [0.5, 0.6) is 11.5 Å². The number of anilines is 1. The molecular formula is C21H28N2O5S. The Morgan fingerprint density at radius 3 is 2.34 bits per heavy atom. The Bertz CT molecular complexity index is 939. The van der Waals surface area contributed by atoms with E-state index in [4.69, 9.17) is 9.47 Å². The Hall–Kier alpha value is -2.74. The van der Waals surface area contributed by atoms with Crippen molar-refractivity contribution in [2.45, 2.75) is 26.8 Å². The first-order valence-electron chi connectivity index (χ1n) is 9.24. The van der Waals surface area contributed by atoms with Crippen LogP contribution in [0, 0.1) is 13.8 Å². The number of sulfonamides is 1. The van der Waals surface area contributed by atoms with E-state index in [2.05, 4.69) is 11.4 Å².